The Balaban J connectivity index is 1.41. The second kappa shape index (κ2) is 13.0. The lowest BCUT2D eigenvalue weighted by molar-refractivity contribution is -0.137. The number of carbonyl (C=O) groups is 4. The summed E-state index contributed by atoms with van der Waals surface area (Å²) in [5.74, 6) is -1.34. The van der Waals surface area contributed by atoms with E-state index < -0.39 is 29.4 Å². The molecular weight excluding hydrogens is 553 g/mol. The largest absolute Gasteiger partial charge is 0.490 e. The second-order valence-electron chi connectivity index (χ2n) is 8.37. The minimum Gasteiger partial charge on any atom is -0.490 e. The molecule has 10 nitrogen and oxygen atoms in total. The first-order valence-electron chi connectivity index (χ1n) is 12.0. The number of nitrogens with zero attached hydrogens (tertiary/aromatic N) is 2. The summed E-state index contributed by atoms with van der Waals surface area (Å²) >= 11 is 6.42. The van der Waals surface area contributed by atoms with Gasteiger partial charge in [-0.2, -0.15) is 0 Å². The smallest absolute Gasteiger partial charge is 0.294 e. The SMILES string of the molecule is CCOc1cc(/C=C2\SC(=O)N(CC(=O)Nc3ccc(F)c(Cl)c3)C2=O)ccc1OCC(=O)N1CCOCC1. The minimum atomic E-state index is -0.645. The molecule has 0 unspecified atom stereocenters. The van der Waals surface area contributed by atoms with Crippen LogP contribution in [0.15, 0.2) is 41.3 Å². The topological polar surface area (TPSA) is 114 Å². The van der Waals surface area contributed by atoms with Gasteiger partial charge in [0, 0.05) is 18.8 Å². The summed E-state index contributed by atoms with van der Waals surface area (Å²) in [6.07, 6.45) is 1.51. The van der Waals surface area contributed by atoms with Crippen molar-refractivity contribution in [3.05, 3.63) is 57.7 Å². The molecule has 0 saturated carbocycles. The van der Waals surface area contributed by atoms with Gasteiger partial charge in [-0.15, -0.1) is 0 Å². The average molecular weight is 578 g/mol. The monoisotopic (exact) mass is 577 g/mol. The maximum absolute atomic E-state index is 13.3. The highest BCUT2D eigenvalue weighted by Gasteiger charge is 2.36. The van der Waals surface area contributed by atoms with E-state index in [1.807, 2.05) is 0 Å². The van der Waals surface area contributed by atoms with Gasteiger partial charge < -0.3 is 24.4 Å². The Morgan fingerprint density at radius 3 is 2.62 bits per heavy atom. The van der Waals surface area contributed by atoms with Crippen molar-refractivity contribution in [1.29, 1.82) is 0 Å². The number of halogens is 2. The van der Waals surface area contributed by atoms with Crippen molar-refractivity contribution in [1.82, 2.24) is 9.80 Å². The lowest BCUT2D eigenvalue weighted by Gasteiger charge is -2.26. The molecule has 2 aromatic carbocycles. The maximum Gasteiger partial charge on any atom is 0.294 e. The average Bonchev–Trinajstić information content (AvgIpc) is 3.18. The quantitative estimate of drug-likeness (QED) is 0.448. The van der Waals surface area contributed by atoms with Crippen LogP contribution in [0.5, 0.6) is 11.5 Å². The van der Waals surface area contributed by atoms with Crippen molar-refractivity contribution >= 4 is 58.1 Å². The summed E-state index contributed by atoms with van der Waals surface area (Å²) in [6.45, 7) is 3.45. The van der Waals surface area contributed by atoms with Gasteiger partial charge in [0.05, 0.1) is 29.7 Å². The van der Waals surface area contributed by atoms with E-state index in [0.717, 1.165) is 11.0 Å². The number of benzene rings is 2. The number of hydrogen-bond acceptors (Lipinski definition) is 8. The predicted molar refractivity (Wildman–Crippen MR) is 143 cm³/mol. The highest BCUT2D eigenvalue weighted by atomic mass is 35.5. The highest BCUT2D eigenvalue weighted by Crippen LogP contribution is 2.35. The molecular formula is C26H25ClFN3O7S. The van der Waals surface area contributed by atoms with Gasteiger partial charge in [0.2, 0.25) is 5.91 Å². The number of rotatable bonds is 9. The van der Waals surface area contributed by atoms with Gasteiger partial charge in [0.15, 0.2) is 18.1 Å². The third-order valence-electron chi connectivity index (χ3n) is 5.66. The van der Waals surface area contributed by atoms with Crippen molar-refractivity contribution in [3.63, 3.8) is 0 Å². The summed E-state index contributed by atoms with van der Waals surface area (Å²) in [5.41, 5.74) is 0.785. The molecule has 4 amide bonds. The first-order chi connectivity index (χ1) is 18.7. The molecule has 1 N–H and O–H groups in total. The summed E-state index contributed by atoms with van der Waals surface area (Å²) in [6, 6.07) is 8.55. The summed E-state index contributed by atoms with van der Waals surface area (Å²) in [7, 11) is 0. The molecule has 39 heavy (non-hydrogen) atoms. The van der Waals surface area contributed by atoms with Crippen LogP contribution < -0.4 is 14.8 Å². The first kappa shape index (κ1) is 28.4. The van der Waals surface area contributed by atoms with Crippen LogP contribution in [0.2, 0.25) is 5.02 Å². The van der Waals surface area contributed by atoms with E-state index in [1.54, 1.807) is 30.0 Å². The van der Waals surface area contributed by atoms with E-state index in [0.29, 0.717) is 61.7 Å². The Hall–Kier alpha value is -3.61. The molecule has 0 aliphatic carbocycles. The van der Waals surface area contributed by atoms with Crippen LogP contribution in [0.1, 0.15) is 12.5 Å². The summed E-state index contributed by atoms with van der Waals surface area (Å²) in [4.78, 5) is 52.8. The molecule has 0 atom stereocenters. The van der Waals surface area contributed by atoms with Gasteiger partial charge >= 0.3 is 0 Å². The zero-order valence-corrected chi connectivity index (χ0v) is 22.5. The zero-order chi connectivity index (χ0) is 27.9. The number of carbonyl (C=O) groups excluding carboxylic acids is 4. The van der Waals surface area contributed by atoms with E-state index in [2.05, 4.69) is 5.32 Å². The molecule has 2 aliphatic heterocycles. The predicted octanol–water partition coefficient (Wildman–Crippen LogP) is 3.79. The maximum atomic E-state index is 13.3. The molecule has 2 saturated heterocycles. The third-order valence-corrected chi connectivity index (χ3v) is 6.86. The molecule has 2 aliphatic rings. The van der Waals surface area contributed by atoms with E-state index in [-0.39, 0.29) is 28.1 Å². The molecule has 2 aromatic rings. The van der Waals surface area contributed by atoms with E-state index in [4.69, 9.17) is 25.8 Å². The molecule has 0 spiro atoms. The standard InChI is InChI=1S/C26H25ClFN3O7S/c1-2-37-21-11-16(3-6-20(21)38-15-24(33)30-7-9-36-10-8-30)12-22-25(34)31(26(35)39-22)14-23(32)29-17-4-5-19(28)18(27)13-17/h3-6,11-13H,2,7-10,14-15H2,1H3,(H,29,32)/b22-12-. The zero-order valence-electron chi connectivity index (χ0n) is 20.9. The Morgan fingerprint density at radius 1 is 1.13 bits per heavy atom. The third kappa shape index (κ3) is 7.28. The van der Waals surface area contributed by atoms with Gasteiger partial charge in [-0.05, 0) is 60.7 Å². The number of hydrogen-bond donors (Lipinski definition) is 1. The molecule has 4 rings (SSSR count). The molecule has 0 aromatic heterocycles. The number of amides is 4. The molecule has 0 radical (unpaired) electrons. The Morgan fingerprint density at radius 2 is 1.90 bits per heavy atom. The van der Waals surface area contributed by atoms with Crippen LogP contribution in [0.3, 0.4) is 0 Å². The first-order valence-corrected chi connectivity index (χ1v) is 13.2. The van der Waals surface area contributed by atoms with Crippen molar-refractivity contribution in [2.45, 2.75) is 6.92 Å². The lowest BCUT2D eigenvalue weighted by atomic mass is 10.2. The van der Waals surface area contributed by atoms with Crippen LogP contribution in [0.4, 0.5) is 14.9 Å². The Kier molecular flexibility index (Phi) is 9.44. The Labute approximate surface area is 233 Å². The molecule has 0 bridgehead atoms. The van der Waals surface area contributed by atoms with E-state index in [9.17, 15) is 23.6 Å². The summed E-state index contributed by atoms with van der Waals surface area (Å²) < 4.78 is 30.0. The fraction of sp³-hybridized carbons (Fsp3) is 0.308. The number of nitrogens with one attached hydrogen (secondary N) is 1. The number of ether oxygens (including phenoxy) is 3. The molecule has 13 heteroatoms. The number of imide groups is 1. The van der Waals surface area contributed by atoms with Crippen LogP contribution in [-0.4, -0.2) is 78.8 Å². The van der Waals surface area contributed by atoms with E-state index >= 15 is 0 Å². The van der Waals surface area contributed by atoms with Gasteiger partial charge in [0.25, 0.3) is 17.1 Å². The molecule has 2 fully saturated rings. The van der Waals surface area contributed by atoms with Gasteiger partial charge in [-0.25, -0.2) is 4.39 Å². The van der Waals surface area contributed by atoms with Crippen molar-refractivity contribution in [2.24, 2.45) is 0 Å². The number of morpholine rings is 1. The normalized spacial score (nSPS) is 16.5. The molecule has 2 heterocycles. The fourth-order valence-electron chi connectivity index (χ4n) is 3.75. The van der Waals surface area contributed by atoms with Crippen molar-refractivity contribution in [2.75, 3.05) is 51.4 Å². The van der Waals surface area contributed by atoms with Crippen LogP contribution in [0, 0.1) is 5.82 Å². The van der Waals surface area contributed by atoms with Crippen LogP contribution in [-0.2, 0) is 19.1 Å². The van der Waals surface area contributed by atoms with Gasteiger partial charge in [-0.1, -0.05) is 17.7 Å². The van der Waals surface area contributed by atoms with Crippen molar-refractivity contribution < 1.29 is 37.8 Å². The number of thioether (sulfide) groups is 1. The fourth-order valence-corrected chi connectivity index (χ4v) is 4.77. The van der Waals surface area contributed by atoms with E-state index in [1.165, 1.54) is 18.2 Å². The minimum absolute atomic E-state index is 0.122. The molecule has 206 valence electrons. The second-order valence-corrected chi connectivity index (χ2v) is 9.77. The lowest BCUT2D eigenvalue weighted by Crippen LogP contribution is -2.43. The van der Waals surface area contributed by atoms with Crippen LogP contribution in [0.25, 0.3) is 6.08 Å². The van der Waals surface area contributed by atoms with Gasteiger partial charge in [0.1, 0.15) is 12.4 Å². The highest BCUT2D eigenvalue weighted by molar-refractivity contribution is 8.18. The van der Waals surface area contributed by atoms with Crippen molar-refractivity contribution in [3.8, 4) is 11.5 Å². The number of anilines is 1. The van der Waals surface area contributed by atoms with Crippen LogP contribution >= 0.6 is 23.4 Å². The summed E-state index contributed by atoms with van der Waals surface area (Å²) in [5, 5.41) is 1.70. The Bertz CT molecular complexity index is 1320. The van der Waals surface area contributed by atoms with Gasteiger partial charge in [-0.3, -0.25) is 24.1 Å².